The first kappa shape index (κ1) is 18.3. The highest BCUT2D eigenvalue weighted by atomic mass is 16.5. The molecule has 2 nitrogen and oxygen atoms in total. The van der Waals surface area contributed by atoms with Crippen LogP contribution in [0.5, 0.6) is 5.75 Å². The van der Waals surface area contributed by atoms with Gasteiger partial charge in [0, 0.05) is 5.56 Å². The lowest BCUT2D eigenvalue weighted by Gasteiger charge is -2.10. The van der Waals surface area contributed by atoms with E-state index in [1.165, 1.54) is 6.42 Å². The minimum Gasteiger partial charge on any atom is -0.493 e. The Balaban J connectivity index is 0. The van der Waals surface area contributed by atoms with Crippen LogP contribution in [-0.2, 0) is 6.61 Å². The van der Waals surface area contributed by atoms with Crippen molar-refractivity contribution in [3.8, 4) is 5.75 Å². The Morgan fingerprint density at radius 1 is 1.12 bits per heavy atom. The van der Waals surface area contributed by atoms with E-state index in [1.807, 2.05) is 45.9 Å². The van der Waals surface area contributed by atoms with E-state index >= 15 is 0 Å². The summed E-state index contributed by atoms with van der Waals surface area (Å²) in [6, 6.07) is 5.77. The van der Waals surface area contributed by atoms with E-state index in [1.54, 1.807) is 0 Å². The van der Waals surface area contributed by atoms with Crippen molar-refractivity contribution in [1.29, 1.82) is 0 Å². The largest absolute Gasteiger partial charge is 0.493 e. The van der Waals surface area contributed by atoms with Gasteiger partial charge in [0.25, 0.3) is 0 Å². The molecule has 1 aromatic rings. The zero-order valence-electron chi connectivity index (χ0n) is 12.2. The van der Waals surface area contributed by atoms with Crippen molar-refractivity contribution in [3.05, 3.63) is 29.3 Å². The lowest BCUT2D eigenvalue weighted by molar-refractivity contribution is 0.266. The molecule has 17 heavy (non-hydrogen) atoms. The van der Waals surface area contributed by atoms with Crippen LogP contribution >= 0.6 is 0 Å². The normalized spacial score (nSPS) is 8.41. The Kier molecular flexibility index (Phi) is 14.1. The molecule has 0 spiro atoms. The van der Waals surface area contributed by atoms with E-state index in [4.69, 9.17) is 9.84 Å². The van der Waals surface area contributed by atoms with Crippen molar-refractivity contribution >= 4 is 0 Å². The number of aryl methyl sites for hydroxylation is 1. The minimum atomic E-state index is 0.0387. The number of aliphatic hydroxyl groups excluding tert-OH is 1. The summed E-state index contributed by atoms with van der Waals surface area (Å²) in [6.07, 6.45) is 1.25. The first-order valence-corrected chi connectivity index (χ1v) is 6.53. The molecule has 1 N–H and O–H groups in total. The van der Waals surface area contributed by atoms with Gasteiger partial charge in [-0.3, -0.25) is 0 Å². The van der Waals surface area contributed by atoms with Gasteiger partial charge in [0.2, 0.25) is 0 Å². The molecule has 0 aliphatic rings. The Labute approximate surface area is 107 Å². The van der Waals surface area contributed by atoms with Crippen LogP contribution in [0.3, 0.4) is 0 Å². The average Bonchev–Trinajstić information content (AvgIpc) is 2.35. The standard InChI is InChI=1S/C10H14O2.C3H8.C2H6/c1-3-12-10-8(2)5-4-6-9(10)7-11;1-3-2;1-2/h4-6,11H,3,7H2,1-2H3;3H2,1-2H3;1-2H3. The highest BCUT2D eigenvalue weighted by molar-refractivity contribution is 5.40. The summed E-state index contributed by atoms with van der Waals surface area (Å²) in [6.45, 7) is 12.8. The molecule has 0 aliphatic carbocycles. The van der Waals surface area contributed by atoms with Crippen LogP contribution in [-0.4, -0.2) is 11.7 Å². The van der Waals surface area contributed by atoms with Crippen LogP contribution in [0.2, 0.25) is 0 Å². The fraction of sp³-hybridized carbons (Fsp3) is 0.600. The van der Waals surface area contributed by atoms with E-state index in [2.05, 4.69) is 13.8 Å². The molecule has 100 valence electrons. The lowest BCUT2D eigenvalue weighted by Crippen LogP contribution is -1.98. The molecule has 0 unspecified atom stereocenters. The van der Waals surface area contributed by atoms with Crippen molar-refractivity contribution < 1.29 is 9.84 Å². The molecule has 0 bridgehead atoms. The fourth-order valence-electron chi connectivity index (χ4n) is 1.19. The summed E-state index contributed by atoms with van der Waals surface area (Å²) in [5.74, 6) is 0.822. The van der Waals surface area contributed by atoms with Crippen molar-refractivity contribution in [2.24, 2.45) is 0 Å². The summed E-state index contributed by atoms with van der Waals surface area (Å²) in [5, 5.41) is 8.99. The maximum absolute atomic E-state index is 8.99. The first-order valence-electron chi connectivity index (χ1n) is 6.53. The van der Waals surface area contributed by atoms with Gasteiger partial charge < -0.3 is 9.84 Å². The molecule has 1 aromatic carbocycles. The molecule has 0 aromatic heterocycles. The quantitative estimate of drug-likeness (QED) is 0.852. The van der Waals surface area contributed by atoms with Crippen LogP contribution in [0.1, 0.15) is 52.2 Å². The molecule has 0 saturated heterocycles. The van der Waals surface area contributed by atoms with Gasteiger partial charge in [0.15, 0.2) is 0 Å². The molecule has 0 heterocycles. The number of para-hydroxylation sites is 1. The molecule has 0 radical (unpaired) electrons. The van der Waals surface area contributed by atoms with Gasteiger partial charge in [-0.1, -0.05) is 52.3 Å². The SMILES string of the molecule is CC.CCC.CCOc1c(C)cccc1CO. The molecule has 0 saturated carbocycles. The number of benzene rings is 1. The smallest absolute Gasteiger partial charge is 0.127 e. The molecule has 2 heteroatoms. The second-order valence-corrected chi connectivity index (χ2v) is 3.36. The third-order valence-corrected chi connectivity index (χ3v) is 1.75. The molecular formula is C15H28O2. The van der Waals surface area contributed by atoms with Gasteiger partial charge in [-0.15, -0.1) is 0 Å². The fourth-order valence-corrected chi connectivity index (χ4v) is 1.19. The monoisotopic (exact) mass is 240 g/mol. The molecule has 0 atom stereocenters. The van der Waals surface area contributed by atoms with Gasteiger partial charge in [-0.25, -0.2) is 0 Å². The van der Waals surface area contributed by atoms with E-state index in [0.29, 0.717) is 6.61 Å². The van der Waals surface area contributed by atoms with Crippen LogP contribution in [0.4, 0.5) is 0 Å². The number of ether oxygens (including phenoxy) is 1. The van der Waals surface area contributed by atoms with Gasteiger partial charge in [-0.05, 0) is 19.4 Å². The van der Waals surface area contributed by atoms with E-state index in [-0.39, 0.29) is 6.61 Å². The molecule has 0 aliphatic heterocycles. The third-order valence-electron chi connectivity index (χ3n) is 1.75. The van der Waals surface area contributed by atoms with E-state index in [9.17, 15) is 0 Å². The van der Waals surface area contributed by atoms with Crippen molar-refractivity contribution in [2.45, 2.75) is 54.6 Å². The number of hydrogen-bond donors (Lipinski definition) is 1. The van der Waals surface area contributed by atoms with Crippen molar-refractivity contribution in [3.63, 3.8) is 0 Å². The Morgan fingerprint density at radius 3 is 2.06 bits per heavy atom. The summed E-state index contributed by atoms with van der Waals surface area (Å²) in [5.41, 5.74) is 1.93. The zero-order valence-corrected chi connectivity index (χ0v) is 12.2. The van der Waals surface area contributed by atoms with Crippen LogP contribution in [0.25, 0.3) is 0 Å². The predicted octanol–water partition coefficient (Wildman–Crippen LogP) is 4.33. The second-order valence-electron chi connectivity index (χ2n) is 3.36. The highest BCUT2D eigenvalue weighted by Gasteiger charge is 2.03. The van der Waals surface area contributed by atoms with Crippen molar-refractivity contribution in [1.82, 2.24) is 0 Å². The minimum absolute atomic E-state index is 0.0387. The number of rotatable bonds is 3. The molecule has 0 amide bonds. The summed E-state index contributed by atoms with van der Waals surface area (Å²) >= 11 is 0. The first-order chi connectivity index (χ1) is 8.21. The van der Waals surface area contributed by atoms with Crippen LogP contribution < -0.4 is 4.74 Å². The maximum atomic E-state index is 8.99. The van der Waals surface area contributed by atoms with E-state index < -0.39 is 0 Å². The summed E-state index contributed by atoms with van der Waals surface area (Å²) in [7, 11) is 0. The predicted molar refractivity (Wildman–Crippen MR) is 75.6 cm³/mol. The highest BCUT2D eigenvalue weighted by Crippen LogP contribution is 2.22. The second kappa shape index (κ2) is 13.0. The zero-order chi connectivity index (χ0) is 13.7. The number of aliphatic hydroxyl groups is 1. The van der Waals surface area contributed by atoms with E-state index in [0.717, 1.165) is 16.9 Å². The Morgan fingerprint density at radius 2 is 1.65 bits per heavy atom. The Bertz CT molecular complexity index is 270. The molecule has 0 fully saturated rings. The van der Waals surface area contributed by atoms with Gasteiger partial charge in [-0.2, -0.15) is 0 Å². The summed E-state index contributed by atoms with van der Waals surface area (Å²) < 4.78 is 5.40. The molecular weight excluding hydrogens is 212 g/mol. The summed E-state index contributed by atoms with van der Waals surface area (Å²) in [4.78, 5) is 0. The van der Waals surface area contributed by atoms with Crippen LogP contribution in [0, 0.1) is 6.92 Å². The lowest BCUT2D eigenvalue weighted by atomic mass is 10.1. The van der Waals surface area contributed by atoms with Gasteiger partial charge in [0.05, 0.1) is 13.2 Å². The third kappa shape index (κ3) is 7.81. The Hall–Kier alpha value is -1.02. The maximum Gasteiger partial charge on any atom is 0.127 e. The van der Waals surface area contributed by atoms with Gasteiger partial charge in [0.1, 0.15) is 5.75 Å². The topological polar surface area (TPSA) is 29.5 Å². The van der Waals surface area contributed by atoms with Crippen LogP contribution in [0.15, 0.2) is 18.2 Å². The molecule has 1 rings (SSSR count). The number of hydrogen-bond acceptors (Lipinski definition) is 2. The average molecular weight is 240 g/mol. The van der Waals surface area contributed by atoms with Gasteiger partial charge >= 0.3 is 0 Å². The van der Waals surface area contributed by atoms with Crippen molar-refractivity contribution in [2.75, 3.05) is 6.61 Å².